The summed E-state index contributed by atoms with van der Waals surface area (Å²) < 4.78 is 39.5. The van der Waals surface area contributed by atoms with Gasteiger partial charge >= 0.3 is 12.1 Å². The van der Waals surface area contributed by atoms with Crippen LogP contribution in [-0.2, 0) is 9.59 Å². The van der Waals surface area contributed by atoms with Crippen LogP contribution in [0, 0.1) is 11.8 Å². The summed E-state index contributed by atoms with van der Waals surface area (Å²) >= 11 is 1.56. The van der Waals surface area contributed by atoms with Crippen molar-refractivity contribution >= 4 is 35.6 Å². The Kier molecular flexibility index (Phi) is 6.81. The molecule has 152 valence electrons. The molecule has 4 atom stereocenters. The smallest absolute Gasteiger partial charge is 0.393 e. The summed E-state index contributed by atoms with van der Waals surface area (Å²) in [6.07, 6.45) is -2.90. The van der Waals surface area contributed by atoms with Crippen LogP contribution in [0.15, 0.2) is 17.5 Å². The summed E-state index contributed by atoms with van der Waals surface area (Å²) in [5.74, 6) is -5.17. The number of aliphatic carboxylic acids is 1. The quantitative estimate of drug-likeness (QED) is 0.801. The maximum absolute atomic E-state index is 13.2. The number of carboxylic acids is 1. The molecule has 1 aromatic heterocycles. The number of carbonyl (C=O) groups excluding carboxylic acids is 1. The van der Waals surface area contributed by atoms with Gasteiger partial charge in [0.1, 0.15) is 0 Å². The first-order chi connectivity index (χ1) is 12.2. The van der Waals surface area contributed by atoms with Gasteiger partial charge in [0.2, 0.25) is 5.91 Å². The fraction of sp³-hybridized carbons (Fsp3) is 0.647. The lowest BCUT2D eigenvalue weighted by Crippen LogP contribution is -2.46. The van der Waals surface area contributed by atoms with Gasteiger partial charge in [-0.05, 0) is 31.2 Å². The second kappa shape index (κ2) is 8.36. The van der Waals surface area contributed by atoms with Gasteiger partial charge in [-0.3, -0.25) is 14.5 Å². The van der Waals surface area contributed by atoms with Crippen LogP contribution in [0.25, 0.3) is 0 Å². The molecule has 0 bridgehead atoms. The minimum atomic E-state index is -4.59. The number of hydrogen-bond acceptors (Lipinski definition) is 4. The van der Waals surface area contributed by atoms with Crippen molar-refractivity contribution in [3.8, 4) is 0 Å². The Bertz CT molecular complexity index is 671. The highest BCUT2D eigenvalue weighted by atomic mass is 35.5. The van der Waals surface area contributed by atoms with Gasteiger partial charge in [-0.15, -0.1) is 23.7 Å². The molecular formula is C17H22ClF3N2O3S. The van der Waals surface area contributed by atoms with Crippen LogP contribution in [0.4, 0.5) is 13.2 Å². The maximum atomic E-state index is 13.2. The highest BCUT2D eigenvalue weighted by molar-refractivity contribution is 7.10. The largest absolute Gasteiger partial charge is 0.481 e. The van der Waals surface area contributed by atoms with Crippen molar-refractivity contribution in [3.63, 3.8) is 0 Å². The molecule has 1 N–H and O–H groups in total. The van der Waals surface area contributed by atoms with Crippen molar-refractivity contribution in [2.45, 2.75) is 38.0 Å². The molecule has 3 rings (SSSR count). The molecule has 2 aliphatic rings. The van der Waals surface area contributed by atoms with E-state index in [1.54, 1.807) is 23.2 Å². The van der Waals surface area contributed by atoms with Crippen LogP contribution in [-0.4, -0.2) is 58.6 Å². The molecule has 0 radical (unpaired) electrons. The van der Waals surface area contributed by atoms with Crippen LogP contribution in [0.1, 0.15) is 30.7 Å². The molecule has 0 saturated carbocycles. The number of thiophene rings is 1. The highest BCUT2D eigenvalue weighted by Gasteiger charge is 2.54. The van der Waals surface area contributed by atoms with E-state index < -0.39 is 36.6 Å². The van der Waals surface area contributed by atoms with Crippen molar-refractivity contribution in [2.24, 2.45) is 11.8 Å². The van der Waals surface area contributed by atoms with Crippen LogP contribution in [0.2, 0.25) is 0 Å². The van der Waals surface area contributed by atoms with E-state index in [-0.39, 0.29) is 30.9 Å². The minimum absolute atomic E-state index is 0. The molecule has 27 heavy (non-hydrogen) atoms. The summed E-state index contributed by atoms with van der Waals surface area (Å²) in [5.41, 5.74) is 0. The van der Waals surface area contributed by atoms with Crippen molar-refractivity contribution in [1.29, 1.82) is 0 Å². The molecule has 0 spiro atoms. The molecular weight excluding hydrogens is 405 g/mol. The Morgan fingerprint density at radius 1 is 1.33 bits per heavy atom. The summed E-state index contributed by atoms with van der Waals surface area (Å²) in [6.45, 7) is 1.43. The fourth-order valence-corrected chi connectivity index (χ4v) is 4.81. The Labute approximate surface area is 165 Å². The molecule has 1 aromatic rings. The van der Waals surface area contributed by atoms with E-state index in [4.69, 9.17) is 5.11 Å². The number of amides is 1. The van der Waals surface area contributed by atoms with Gasteiger partial charge in [-0.25, -0.2) is 0 Å². The standard InChI is InChI=1S/C17H21F3N2O3S.ClH/c1-10(21-8-11(16(24)25)12(9-21)17(18,19)20)15(23)22-6-2-4-13(22)14-5-3-7-26-14;/h3,5,7,10-13H,2,4,6,8-9H2,1H3,(H,24,25);1H/t10?,11-,12-,13?;/m1./s1. The molecule has 0 aromatic carbocycles. The van der Waals surface area contributed by atoms with Gasteiger partial charge < -0.3 is 10.0 Å². The number of carboxylic acid groups (broad SMARTS) is 1. The van der Waals surface area contributed by atoms with E-state index in [1.807, 2.05) is 17.5 Å². The number of alkyl halides is 3. The molecule has 2 saturated heterocycles. The number of carbonyl (C=O) groups is 2. The van der Waals surface area contributed by atoms with Gasteiger partial charge in [0.05, 0.1) is 23.9 Å². The van der Waals surface area contributed by atoms with E-state index in [2.05, 4.69) is 0 Å². The van der Waals surface area contributed by atoms with Crippen molar-refractivity contribution in [1.82, 2.24) is 9.80 Å². The summed E-state index contributed by atoms with van der Waals surface area (Å²) in [6, 6.07) is 3.06. The van der Waals surface area contributed by atoms with Gasteiger partial charge in [0.15, 0.2) is 0 Å². The van der Waals surface area contributed by atoms with Crippen LogP contribution in [0.3, 0.4) is 0 Å². The van der Waals surface area contributed by atoms with Gasteiger partial charge in [0.25, 0.3) is 0 Å². The van der Waals surface area contributed by atoms with Crippen molar-refractivity contribution in [3.05, 3.63) is 22.4 Å². The Morgan fingerprint density at radius 2 is 2.04 bits per heavy atom. The SMILES string of the molecule is CC(C(=O)N1CCCC1c1cccs1)N1C[C@@H](C(F)(F)F)[C@H](C(=O)O)C1.Cl. The first-order valence-corrected chi connectivity index (χ1v) is 9.45. The summed E-state index contributed by atoms with van der Waals surface area (Å²) in [7, 11) is 0. The Balaban J connectivity index is 0.00000261. The monoisotopic (exact) mass is 426 g/mol. The van der Waals surface area contributed by atoms with E-state index >= 15 is 0 Å². The fourth-order valence-electron chi connectivity index (χ4n) is 3.94. The van der Waals surface area contributed by atoms with Crippen molar-refractivity contribution < 1.29 is 27.9 Å². The third-order valence-corrected chi connectivity index (χ3v) is 6.37. The minimum Gasteiger partial charge on any atom is -0.481 e. The molecule has 0 aliphatic carbocycles. The number of halogens is 4. The topological polar surface area (TPSA) is 60.9 Å². The van der Waals surface area contributed by atoms with Crippen LogP contribution in [0.5, 0.6) is 0 Å². The Morgan fingerprint density at radius 3 is 2.56 bits per heavy atom. The third-order valence-electron chi connectivity index (χ3n) is 5.40. The lowest BCUT2D eigenvalue weighted by molar-refractivity contribution is -0.188. The zero-order chi connectivity index (χ0) is 19.1. The molecule has 1 amide bonds. The number of nitrogens with zero attached hydrogens (tertiary/aromatic N) is 2. The normalized spacial score (nSPS) is 27.4. The Hall–Kier alpha value is -1.32. The molecule has 10 heteroatoms. The zero-order valence-electron chi connectivity index (χ0n) is 14.7. The lowest BCUT2D eigenvalue weighted by atomic mass is 9.96. The molecule has 2 unspecified atom stereocenters. The number of likely N-dealkylation sites (tertiary alicyclic amines) is 2. The third kappa shape index (κ3) is 4.41. The lowest BCUT2D eigenvalue weighted by Gasteiger charge is -2.31. The average Bonchev–Trinajstić information content (AvgIpc) is 3.30. The van der Waals surface area contributed by atoms with E-state index in [9.17, 15) is 22.8 Å². The average molecular weight is 427 g/mol. The van der Waals surface area contributed by atoms with E-state index in [1.165, 1.54) is 4.90 Å². The molecule has 2 aliphatic heterocycles. The van der Waals surface area contributed by atoms with Crippen molar-refractivity contribution in [2.75, 3.05) is 19.6 Å². The second-order valence-electron chi connectivity index (χ2n) is 6.93. The first kappa shape index (κ1) is 22.0. The van der Waals surface area contributed by atoms with Crippen LogP contribution < -0.4 is 0 Å². The highest BCUT2D eigenvalue weighted by Crippen LogP contribution is 2.40. The summed E-state index contributed by atoms with van der Waals surface area (Å²) in [5, 5.41) is 11.1. The zero-order valence-corrected chi connectivity index (χ0v) is 16.3. The maximum Gasteiger partial charge on any atom is 0.393 e. The van der Waals surface area contributed by atoms with Gasteiger partial charge in [-0.1, -0.05) is 6.07 Å². The molecule has 5 nitrogen and oxygen atoms in total. The first-order valence-electron chi connectivity index (χ1n) is 8.57. The number of rotatable bonds is 4. The van der Waals surface area contributed by atoms with E-state index in [0.717, 1.165) is 17.7 Å². The molecule has 2 fully saturated rings. The predicted octanol–water partition coefficient (Wildman–Crippen LogP) is 3.42. The van der Waals surface area contributed by atoms with Crippen LogP contribution >= 0.6 is 23.7 Å². The van der Waals surface area contributed by atoms with E-state index in [0.29, 0.717) is 6.54 Å². The predicted molar refractivity (Wildman–Crippen MR) is 97.0 cm³/mol. The number of hydrogen-bond donors (Lipinski definition) is 1. The summed E-state index contributed by atoms with van der Waals surface area (Å²) in [4.78, 5) is 28.3. The second-order valence-corrected chi connectivity index (χ2v) is 7.91. The van der Waals surface area contributed by atoms with Gasteiger partial charge in [0, 0.05) is 24.5 Å². The molecule has 3 heterocycles. The van der Waals surface area contributed by atoms with Gasteiger partial charge in [-0.2, -0.15) is 13.2 Å².